The minimum Gasteiger partial charge on any atom is -0.334 e. The Bertz CT molecular complexity index is 435. The first-order valence-corrected chi connectivity index (χ1v) is 5.99. The Morgan fingerprint density at radius 1 is 1.41 bits per heavy atom. The molecule has 0 heterocycles. The van der Waals surface area contributed by atoms with Crippen molar-refractivity contribution in [2.24, 2.45) is 0 Å². The van der Waals surface area contributed by atoms with Gasteiger partial charge in [0.2, 0.25) is 0 Å². The second kappa shape index (κ2) is 5.00. The van der Waals surface area contributed by atoms with Crippen molar-refractivity contribution in [2.75, 3.05) is 12.4 Å². The average Bonchev–Trinajstić information content (AvgIpc) is 3.12. The quantitative estimate of drug-likeness (QED) is 0.762. The molecule has 0 atom stereocenters. The lowest BCUT2D eigenvalue weighted by Gasteiger charge is -2.21. The molecule has 0 bridgehead atoms. The molecule has 0 aromatic heterocycles. The van der Waals surface area contributed by atoms with Crippen LogP contribution in [0, 0.1) is 11.6 Å². The molecule has 1 aliphatic carbocycles. The molecule has 17 heavy (non-hydrogen) atoms. The van der Waals surface area contributed by atoms with Crippen LogP contribution in [0.2, 0.25) is 0 Å². The first-order valence-electron chi connectivity index (χ1n) is 5.45. The van der Waals surface area contributed by atoms with E-state index in [2.05, 4.69) is 0 Å². The van der Waals surface area contributed by atoms with Gasteiger partial charge in [0.05, 0.1) is 5.56 Å². The molecule has 1 saturated carbocycles. The van der Waals surface area contributed by atoms with Crippen molar-refractivity contribution in [3.8, 4) is 0 Å². The van der Waals surface area contributed by atoms with Crippen LogP contribution >= 0.6 is 11.6 Å². The number of halogens is 3. The second-order valence-electron chi connectivity index (χ2n) is 4.04. The molecule has 2 nitrogen and oxygen atoms in total. The number of carbonyl (C=O) groups is 1. The zero-order chi connectivity index (χ0) is 12.4. The van der Waals surface area contributed by atoms with Gasteiger partial charge in [-0.05, 0) is 31.0 Å². The van der Waals surface area contributed by atoms with Crippen molar-refractivity contribution < 1.29 is 13.6 Å². The van der Waals surface area contributed by atoms with Gasteiger partial charge in [-0.2, -0.15) is 0 Å². The zero-order valence-corrected chi connectivity index (χ0v) is 9.88. The van der Waals surface area contributed by atoms with Gasteiger partial charge in [-0.15, -0.1) is 11.6 Å². The van der Waals surface area contributed by atoms with E-state index in [-0.39, 0.29) is 11.6 Å². The molecule has 1 aromatic rings. The van der Waals surface area contributed by atoms with E-state index in [1.54, 1.807) is 0 Å². The minimum absolute atomic E-state index is 0.129. The normalized spacial score (nSPS) is 14.8. The van der Waals surface area contributed by atoms with Gasteiger partial charge in [0.15, 0.2) is 0 Å². The van der Waals surface area contributed by atoms with Crippen molar-refractivity contribution in [1.29, 1.82) is 0 Å². The van der Waals surface area contributed by atoms with Gasteiger partial charge in [0.1, 0.15) is 11.6 Å². The van der Waals surface area contributed by atoms with Crippen LogP contribution in [-0.4, -0.2) is 29.3 Å². The molecular formula is C12H12ClF2NO. The third-order valence-electron chi connectivity index (χ3n) is 2.73. The number of hydrogen-bond donors (Lipinski definition) is 0. The van der Waals surface area contributed by atoms with Crippen LogP contribution in [-0.2, 0) is 0 Å². The van der Waals surface area contributed by atoms with Gasteiger partial charge in [-0.3, -0.25) is 4.79 Å². The predicted molar refractivity (Wildman–Crippen MR) is 61.1 cm³/mol. The van der Waals surface area contributed by atoms with Crippen LogP contribution < -0.4 is 0 Å². The fourth-order valence-corrected chi connectivity index (χ4v) is 1.93. The number of rotatable bonds is 4. The second-order valence-corrected chi connectivity index (χ2v) is 4.42. The van der Waals surface area contributed by atoms with Gasteiger partial charge in [-0.1, -0.05) is 0 Å². The van der Waals surface area contributed by atoms with Crippen molar-refractivity contribution in [3.05, 3.63) is 35.4 Å². The number of amides is 1. The summed E-state index contributed by atoms with van der Waals surface area (Å²) in [6, 6.07) is 3.02. The average molecular weight is 260 g/mol. The molecule has 92 valence electrons. The highest BCUT2D eigenvalue weighted by molar-refractivity contribution is 6.18. The Kier molecular flexibility index (Phi) is 3.62. The van der Waals surface area contributed by atoms with Crippen LogP contribution in [0.3, 0.4) is 0 Å². The number of hydrogen-bond acceptors (Lipinski definition) is 1. The fourth-order valence-electron chi connectivity index (χ4n) is 1.74. The van der Waals surface area contributed by atoms with Crippen molar-refractivity contribution in [3.63, 3.8) is 0 Å². The van der Waals surface area contributed by atoms with Gasteiger partial charge in [0, 0.05) is 18.5 Å². The first kappa shape index (κ1) is 12.3. The van der Waals surface area contributed by atoms with E-state index in [1.807, 2.05) is 0 Å². The highest BCUT2D eigenvalue weighted by atomic mass is 35.5. The van der Waals surface area contributed by atoms with E-state index in [0.717, 1.165) is 31.0 Å². The molecular weight excluding hydrogens is 248 g/mol. The van der Waals surface area contributed by atoms with Crippen LogP contribution in [0.4, 0.5) is 8.78 Å². The first-order chi connectivity index (χ1) is 8.13. The van der Waals surface area contributed by atoms with E-state index in [4.69, 9.17) is 11.6 Å². The van der Waals surface area contributed by atoms with Gasteiger partial charge >= 0.3 is 0 Å². The molecule has 0 spiro atoms. The summed E-state index contributed by atoms with van der Waals surface area (Å²) in [6.07, 6.45) is 1.80. The van der Waals surface area contributed by atoms with E-state index in [0.29, 0.717) is 12.4 Å². The Labute approximate surface area is 103 Å². The molecule has 0 unspecified atom stereocenters. The Morgan fingerprint density at radius 2 is 2.12 bits per heavy atom. The molecule has 0 aliphatic heterocycles. The molecule has 0 N–H and O–H groups in total. The molecule has 0 radical (unpaired) electrons. The largest absolute Gasteiger partial charge is 0.334 e. The lowest BCUT2D eigenvalue weighted by Crippen LogP contribution is -2.35. The number of benzene rings is 1. The van der Waals surface area contributed by atoms with Crippen LogP contribution in [0.5, 0.6) is 0 Å². The van der Waals surface area contributed by atoms with Gasteiger partial charge < -0.3 is 4.90 Å². The van der Waals surface area contributed by atoms with Crippen LogP contribution in [0.1, 0.15) is 23.2 Å². The third kappa shape index (κ3) is 2.75. The van der Waals surface area contributed by atoms with E-state index >= 15 is 0 Å². The van der Waals surface area contributed by atoms with Gasteiger partial charge in [-0.25, -0.2) is 8.78 Å². The fraction of sp³-hybridized carbons (Fsp3) is 0.417. The number of alkyl halides is 1. The van der Waals surface area contributed by atoms with Crippen molar-refractivity contribution in [1.82, 2.24) is 4.90 Å². The summed E-state index contributed by atoms with van der Waals surface area (Å²) in [7, 11) is 0. The molecule has 2 rings (SSSR count). The number of nitrogens with zero attached hydrogens (tertiary/aromatic N) is 1. The third-order valence-corrected chi connectivity index (χ3v) is 2.90. The summed E-state index contributed by atoms with van der Waals surface area (Å²) in [5, 5.41) is 0. The zero-order valence-electron chi connectivity index (χ0n) is 9.13. The topological polar surface area (TPSA) is 20.3 Å². The minimum atomic E-state index is -0.698. The highest BCUT2D eigenvalue weighted by Gasteiger charge is 2.33. The van der Waals surface area contributed by atoms with E-state index < -0.39 is 17.5 Å². The summed E-state index contributed by atoms with van der Waals surface area (Å²) in [6.45, 7) is 0.362. The lowest BCUT2D eigenvalue weighted by atomic mass is 10.1. The van der Waals surface area contributed by atoms with Crippen molar-refractivity contribution >= 4 is 17.5 Å². The molecule has 1 aliphatic rings. The molecule has 1 aromatic carbocycles. The summed E-state index contributed by atoms with van der Waals surface area (Å²) >= 11 is 5.61. The smallest absolute Gasteiger partial charge is 0.257 e. The molecule has 5 heteroatoms. The van der Waals surface area contributed by atoms with Crippen LogP contribution in [0.25, 0.3) is 0 Å². The van der Waals surface area contributed by atoms with Gasteiger partial charge in [0.25, 0.3) is 5.91 Å². The molecule has 1 amide bonds. The SMILES string of the molecule is O=C(c1cc(F)ccc1F)N(CCCl)C1CC1. The number of carbonyl (C=O) groups excluding carboxylic acids is 1. The summed E-state index contributed by atoms with van der Waals surface area (Å²) < 4.78 is 26.5. The summed E-state index contributed by atoms with van der Waals surface area (Å²) in [5.74, 6) is -1.50. The van der Waals surface area contributed by atoms with Crippen LogP contribution in [0.15, 0.2) is 18.2 Å². The Morgan fingerprint density at radius 3 is 2.71 bits per heavy atom. The molecule has 1 fully saturated rings. The van der Waals surface area contributed by atoms with Crippen molar-refractivity contribution in [2.45, 2.75) is 18.9 Å². The molecule has 0 saturated heterocycles. The monoisotopic (exact) mass is 259 g/mol. The lowest BCUT2D eigenvalue weighted by molar-refractivity contribution is 0.0748. The maximum absolute atomic E-state index is 13.5. The van der Waals surface area contributed by atoms with E-state index in [9.17, 15) is 13.6 Å². The summed E-state index contributed by atoms with van der Waals surface area (Å²) in [5.41, 5.74) is -0.220. The Hall–Kier alpha value is -1.16. The Balaban J connectivity index is 2.24. The predicted octanol–water partition coefficient (Wildman–Crippen LogP) is 2.81. The maximum Gasteiger partial charge on any atom is 0.257 e. The highest BCUT2D eigenvalue weighted by Crippen LogP contribution is 2.28. The summed E-state index contributed by atoms with van der Waals surface area (Å²) in [4.78, 5) is 13.6. The standard InChI is InChI=1S/C12H12ClF2NO/c13-5-6-16(9-2-3-9)12(17)10-7-8(14)1-4-11(10)15/h1,4,7,9H,2-3,5-6H2. The van der Waals surface area contributed by atoms with E-state index in [1.165, 1.54) is 4.90 Å². The maximum atomic E-state index is 13.5.